The van der Waals surface area contributed by atoms with Gasteiger partial charge in [-0.15, -0.1) is 0 Å². The molecule has 1 aliphatic rings. The first-order valence-electron chi connectivity index (χ1n) is 5.33. The Hall–Kier alpha value is -1.11. The fourth-order valence-electron chi connectivity index (χ4n) is 1.90. The zero-order valence-electron chi connectivity index (χ0n) is 9.63. The third kappa shape index (κ3) is 2.77. The van der Waals surface area contributed by atoms with Gasteiger partial charge in [0, 0.05) is 18.8 Å². The SMILES string of the molecule is CC1(O)CN(S(=O)(=O)Cc2cccc(N)c2)C1. The molecule has 94 valence electrons. The smallest absolute Gasteiger partial charge is 0.218 e. The second-order valence-corrected chi connectivity index (χ2v) is 6.74. The zero-order chi connectivity index (χ0) is 12.7. The van der Waals surface area contributed by atoms with Gasteiger partial charge < -0.3 is 10.8 Å². The Kier molecular flexibility index (Phi) is 2.89. The van der Waals surface area contributed by atoms with Crippen LogP contribution in [0.4, 0.5) is 5.69 Å². The molecular formula is C11H16N2O3S. The minimum atomic E-state index is -3.35. The Morgan fingerprint density at radius 2 is 2.12 bits per heavy atom. The molecule has 1 aromatic carbocycles. The van der Waals surface area contributed by atoms with E-state index in [2.05, 4.69) is 0 Å². The van der Waals surface area contributed by atoms with Crippen LogP contribution in [0.25, 0.3) is 0 Å². The van der Waals surface area contributed by atoms with Crippen LogP contribution in [0.15, 0.2) is 24.3 Å². The van der Waals surface area contributed by atoms with Crippen molar-refractivity contribution < 1.29 is 13.5 Å². The summed E-state index contributed by atoms with van der Waals surface area (Å²) in [6.07, 6.45) is 0. The number of hydrogen-bond acceptors (Lipinski definition) is 4. The molecule has 0 aliphatic carbocycles. The molecule has 1 heterocycles. The number of nitrogens with zero attached hydrogens (tertiary/aromatic N) is 1. The van der Waals surface area contributed by atoms with E-state index < -0.39 is 15.6 Å². The van der Waals surface area contributed by atoms with Crippen molar-refractivity contribution in [2.75, 3.05) is 18.8 Å². The Morgan fingerprint density at radius 1 is 1.47 bits per heavy atom. The molecule has 0 amide bonds. The lowest BCUT2D eigenvalue weighted by Gasteiger charge is -2.42. The predicted octanol–water partition coefficient (Wildman–Crippen LogP) is 0.165. The normalized spacial score (nSPS) is 19.9. The number of sulfonamides is 1. The van der Waals surface area contributed by atoms with Crippen molar-refractivity contribution in [2.24, 2.45) is 0 Å². The van der Waals surface area contributed by atoms with Crippen LogP contribution in [-0.2, 0) is 15.8 Å². The maximum absolute atomic E-state index is 12.0. The molecular weight excluding hydrogens is 240 g/mol. The van der Waals surface area contributed by atoms with E-state index in [9.17, 15) is 13.5 Å². The highest BCUT2D eigenvalue weighted by molar-refractivity contribution is 7.88. The molecule has 1 aromatic rings. The van der Waals surface area contributed by atoms with Crippen molar-refractivity contribution in [3.8, 4) is 0 Å². The highest BCUT2D eigenvalue weighted by atomic mass is 32.2. The summed E-state index contributed by atoms with van der Waals surface area (Å²) >= 11 is 0. The average molecular weight is 256 g/mol. The van der Waals surface area contributed by atoms with Crippen molar-refractivity contribution in [1.82, 2.24) is 4.31 Å². The van der Waals surface area contributed by atoms with E-state index in [1.165, 1.54) is 4.31 Å². The number of hydrogen-bond donors (Lipinski definition) is 2. The molecule has 2 rings (SSSR count). The third-order valence-electron chi connectivity index (χ3n) is 2.73. The van der Waals surface area contributed by atoms with Gasteiger partial charge in [0.2, 0.25) is 10.0 Å². The van der Waals surface area contributed by atoms with Crippen LogP contribution in [0.3, 0.4) is 0 Å². The number of nitrogens with two attached hydrogens (primary N) is 1. The summed E-state index contributed by atoms with van der Waals surface area (Å²) < 4.78 is 25.2. The topological polar surface area (TPSA) is 83.6 Å². The van der Waals surface area contributed by atoms with Crippen LogP contribution in [0.1, 0.15) is 12.5 Å². The van der Waals surface area contributed by atoms with E-state index in [1.807, 2.05) is 0 Å². The Balaban J connectivity index is 2.09. The summed E-state index contributed by atoms with van der Waals surface area (Å²) in [4.78, 5) is 0. The van der Waals surface area contributed by atoms with Gasteiger partial charge in [0.15, 0.2) is 0 Å². The lowest BCUT2D eigenvalue weighted by atomic mass is 10.0. The molecule has 0 unspecified atom stereocenters. The van der Waals surface area contributed by atoms with Gasteiger partial charge in [-0.25, -0.2) is 8.42 Å². The summed E-state index contributed by atoms with van der Waals surface area (Å²) in [6.45, 7) is 1.95. The first-order chi connectivity index (χ1) is 7.78. The molecule has 0 atom stereocenters. The first kappa shape index (κ1) is 12.3. The monoisotopic (exact) mass is 256 g/mol. The highest BCUT2D eigenvalue weighted by Gasteiger charge is 2.43. The summed E-state index contributed by atoms with van der Waals surface area (Å²) in [6, 6.07) is 6.82. The molecule has 1 saturated heterocycles. The largest absolute Gasteiger partial charge is 0.399 e. The molecule has 0 bridgehead atoms. The Morgan fingerprint density at radius 3 is 2.65 bits per heavy atom. The van der Waals surface area contributed by atoms with E-state index in [0.29, 0.717) is 11.3 Å². The molecule has 0 saturated carbocycles. The third-order valence-corrected chi connectivity index (χ3v) is 4.47. The molecule has 0 aromatic heterocycles. The van der Waals surface area contributed by atoms with Gasteiger partial charge in [0.25, 0.3) is 0 Å². The molecule has 0 spiro atoms. The number of rotatable bonds is 3. The minimum absolute atomic E-state index is 0.0753. The number of aliphatic hydroxyl groups is 1. The van der Waals surface area contributed by atoms with Crippen LogP contribution >= 0.6 is 0 Å². The number of benzene rings is 1. The van der Waals surface area contributed by atoms with Crippen LogP contribution in [0.2, 0.25) is 0 Å². The summed E-state index contributed by atoms with van der Waals surface area (Å²) in [5.41, 5.74) is 5.92. The van der Waals surface area contributed by atoms with Gasteiger partial charge in [-0.3, -0.25) is 0 Å². The molecule has 1 aliphatic heterocycles. The van der Waals surface area contributed by atoms with Crippen LogP contribution < -0.4 is 5.73 Å². The van der Waals surface area contributed by atoms with Gasteiger partial charge in [-0.2, -0.15) is 4.31 Å². The molecule has 1 fully saturated rings. The molecule has 17 heavy (non-hydrogen) atoms. The Bertz CT molecular complexity index is 517. The van der Waals surface area contributed by atoms with Gasteiger partial charge >= 0.3 is 0 Å². The van der Waals surface area contributed by atoms with Gasteiger partial charge in [0.05, 0.1) is 11.4 Å². The standard InChI is InChI=1S/C11H16N2O3S/c1-11(14)7-13(8-11)17(15,16)6-9-3-2-4-10(12)5-9/h2-5,14H,6-8,12H2,1H3. The molecule has 3 N–H and O–H groups in total. The fourth-order valence-corrected chi connectivity index (χ4v) is 3.63. The molecule has 6 heteroatoms. The second kappa shape index (κ2) is 3.97. The summed E-state index contributed by atoms with van der Waals surface area (Å²) in [5, 5.41) is 9.53. The second-order valence-electron chi connectivity index (χ2n) is 4.77. The van der Waals surface area contributed by atoms with Gasteiger partial charge in [-0.05, 0) is 24.6 Å². The van der Waals surface area contributed by atoms with E-state index in [0.717, 1.165) is 0 Å². The zero-order valence-corrected chi connectivity index (χ0v) is 10.4. The molecule has 5 nitrogen and oxygen atoms in total. The number of nitrogen functional groups attached to an aromatic ring is 1. The van der Waals surface area contributed by atoms with Gasteiger partial charge in [0.1, 0.15) is 0 Å². The fraction of sp³-hybridized carbons (Fsp3) is 0.455. The van der Waals surface area contributed by atoms with Crippen molar-refractivity contribution in [1.29, 1.82) is 0 Å². The minimum Gasteiger partial charge on any atom is -0.399 e. The highest BCUT2D eigenvalue weighted by Crippen LogP contribution is 2.25. The maximum atomic E-state index is 12.0. The van der Waals surface area contributed by atoms with E-state index in [-0.39, 0.29) is 18.8 Å². The van der Waals surface area contributed by atoms with E-state index in [4.69, 9.17) is 5.73 Å². The number of anilines is 1. The lowest BCUT2D eigenvalue weighted by Crippen LogP contribution is -2.61. The van der Waals surface area contributed by atoms with Crippen molar-refractivity contribution in [3.05, 3.63) is 29.8 Å². The maximum Gasteiger partial charge on any atom is 0.218 e. The first-order valence-corrected chi connectivity index (χ1v) is 6.94. The number of β-amino-alcohol motifs (C(OH)–C–C–N with tert-alkyl or cyclic N) is 1. The van der Waals surface area contributed by atoms with Crippen molar-refractivity contribution >= 4 is 15.7 Å². The lowest BCUT2D eigenvalue weighted by molar-refractivity contribution is -0.0427. The van der Waals surface area contributed by atoms with Crippen molar-refractivity contribution in [2.45, 2.75) is 18.3 Å². The average Bonchev–Trinajstić information content (AvgIpc) is 2.13. The Labute approximate surface area is 101 Å². The van der Waals surface area contributed by atoms with Crippen LogP contribution in [-0.4, -0.2) is 36.5 Å². The van der Waals surface area contributed by atoms with Gasteiger partial charge in [-0.1, -0.05) is 12.1 Å². The van der Waals surface area contributed by atoms with Crippen LogP contribution in [0, 0.1) is 0 Å². The molecule has 0 radical (unpaired) electrons. The van der Waals surface area contributed by atoms with E-state index in [1.54, 1.807) is 31.2 Å². The quantitative estimate of drug-likeness (QED) is 0.755. The van der Waals surface area contributed by atoms with Crippen LogP contribution in [0.5, 0.6) is 0 Å². The summed E-state index contributed by atoms with van der Waals surface area (Å²) in [7, 11) is -3.35. The van der Waals surface area contributed by atoms with E-state index >= 15 is 0 Å². The predicted molar refractivity (Wildman–Crippen MR) is 65.7 cm³/mol. The van der Waals surface area contributed by atoms with Crippen molar-refractivity contribution in [3.63, 3.8) is 0 Å². The summed E-state index contributed by atoms with van der Waals surface area (Å²) in [5.74, 6) is -0.0753.